The highest BCUT2D eigenvalue weighted by Gasteiger charge is 2.27. The number of fused-ring (bicyclic) bond motifs is 1. The van der Waals surface area contributed by atoms with Gasteiger partial charge in [0.1, 0.15) is 5.65 Å². The second-order valence-electron chi connectivity index (χ2n) is 7.19. The summed E-state index contributed by atoms with van der Waals surface area (Å²) >= 11 is 0. The molecule has 1 aliphatic carbocycles. The Balaban J connectivity index is 1.66. The van der Waals surface area contributed by atoms with E-state index in [1.807, 2.05) is 24.3 Å². The molecule has 0 radical (unpaired) electrons. The molecule has 0 aliphatic heterocycles. The number of aromatic nitrogens is 3. The third-order valence-electron chi connectivity index (χ3n) is 4.79. The van der Waals surface area contributed by atoms with E-state index in [2.05, 4.69) is 29.1 Å². The van der Waals surface area contributed by atoms with Crippen molar-refractivity contribution in [2.24, 2.45) is 0 Å². The number of amides is 1. The highest BCUT2D eigenvalue weighted by Crippen LogP contribution is 2.34. The van der Waals surface area contributed by atoms with Crippen molar-refractivity contribution in [1.82, 2.24) is 14.5 Å². The molecule has 0 bridgehead atoms. The van der Waals surface area contributed by atoms with Gasteiger partial charge >= 0.3 is 5.69 Å². The monoisotopic (exact) mass is 364 g/mol. The molecule has 3 aromatic rings. The highest BCUT2D eigenvalue weighted by molar-refractivity contribution is 6.05. The van der Waals surface area contributed by atoms with Gasteiger partial charge in [-0.25, -0.2) is 9.78 Å². The molecule has 4 rings (SSSR count). The normalized spacial score (nSPS) is 13.9. The Labute approximate surface area is 155 Å². The van der Waals surface area contributed by atoms with Gasteiger partial charge in [-0.3, -0.25) is 19.1 Å². The maximum Gasteiger partial charge on any atom is 0.330 e. The predicted octanol–water partition coefficient (Wildman–Crippen LogP) is 2.80. The summed E-state index contributed by atoms with van der Waals surface area (Å²) in [7, 11) is 0. The average molecular weight is 364 g/mol. The molecule has 0 unspecified atom stereocenters. The van der Waals surface area contributed by atoms with Crippen LogP contribution in [0.4, 0.5) is 5.69 Å². The zero-order valence-electron chi connectivity index (χ0n) is 15.2. The summed E-state index contributed by atoms with van der Waals surface area (Å²) in [5.74, 6) is 0.0560. The van der Waals surface area contributed by atoms with Crippen molar-refractivity contribution in [3.8, 4) is 0 Å². The number of anilines is 1. The Hall–Kier alpha value is -3.22. The second-order valence-corrected chi connectivity index (χ2v) is 7.19. The van der Waals surface area contributed by atoms with Crippen molar-refractivity contribution in [2.75, 3.05) is 5.32 Å². The first kappa shape index (κ1) is 17.2. The van der Waals surface area contributed by atoms with Gasteiger partial charge in [-0.05, 0) is 42.5 Å². The van der Waals surface area contributed by atoms with E-state index in [1.165, 1.54) is 22.4 Å². The van der Waals surface area contributed by atoms with E-state index < -0.39 is 11.2 Å². The molecule has 7 heteroatoms. The first-order chi connectivity index (χ1) is 12.9. The van der Waals surface area contributed by atoms with E-state index in [0.29, 0.717) is 17.3 Å². The van der Waals surface area contributed by atoms with Gasteiger partial charge in [0.15, 0.2) is 0 Å². The number of carbonyl (C=O) groups excluding carboxylic acids is 1. The molecule has 27 heavy (non-hydrogen) atoms. The SMILES string of the molecule is CC(C)c1ccc(NC(=O)c2cnc3c(c2)c(=O)[nH]c(=O)n3C2CC2)cc1. The van der Waals surface area contributed by atoms with Gasteiger partial charge in [0.05, 0.1) is 10.9 Å². The summed E-state index contributed by atoms with van der Waals surface area (Å²) in [6.45, 7) is 4.21. The molecule has 2 heterocycles. The van der Waals surface area contributed by atoms with E-state index in [4.69, 9.17) is 0 Å². The molecule has 1 fully saturated rings. The molecule has 138 valence electrons. The number of benzene rings is 1. The van der Waals surface area contributed by atoms with Gasteiger partial charge in [0.2, 0.25) is 0 Å². The van der Waals surface area contributed by atoms with E-state index in [1.54, 1.807) is 0 Å². The summed E-state index contributed by atoms with van der Waals surface area (Å²) in [4.78, 5) is 43.4. The quantitative estimate of drug-likeness (QED) is 0.744. The zero-order chi connectivity index (χ0) is 19.1. The Kier molecular flexibility index (Phi) is 4.14. The molecule has 1 amide bonds. The Morgan fingerprint density at radius 1 is 1.22 bits per heavy atom. The van der Waals surface area contributed by atoms with Crippen molar-refractivity contribution in [1.29, 1.82) is 0 Å². The molecule has 1 aliphatic rings. The second kappa shape index (κ2) is 6.50. The molecule has 0 atom stereocenters. The van der Waals surface area contributed by atoms with Crippen molar-refractivity contribution in [3.63, 3.8) is 0 Å². The van der Waals surface area contributed by atoms with E-state index in [0.717, 1.165) is 12.8 Å². The van der Waals surface area contributed by atoms with Crippen molar-refractivity contribution in [3.05, 3.63) is 68.5 Å². The third kappa shape index (κ3) is 3.28. The lowest BCUT2D eigenvalue weighted by molar-refractivity contribution is 0.102. The summed E-state index contributed by atoms with van der Waals surface area (Å²) in [6.07, 6.45) is 3.17. The van der Waals surface area contributed by atoms with Crippen LogP contribution in [0.15, 0.2) is 46.1 Å². The Morgan fingerprint density at radius 3 is 2.56 bits per heavy atom. The lowest BCUT2D eigenvalue weighted by atomic mass is 10.0. The first-order valence-electron chi connectivity index (χ1n) is 9.00. The van der Waals surface area contributed by atoms with Crippen LogP contribution in [0.25, 0.3) is 11.0 Å². The van der Waals surface area contributed by atoms with Gasteiger partial charge in [-0.15, -0.1) is 0 Å². The van der Waals surface area contributed by atoms with Crippen LogP contribution >= 0.6 is 0 Å². The van der Waals surface area contributed by atoms with Gasteiger partial charge < -0.3 is 5.32 Å². The van der Waals surface area contributed by atoms with Gasteiger partial charge in [0, 0.05) is 17.9 Å². The summed E-state index contributed by atoms with van der Waals surface area (Å²) in [5.41, 5.74) is 1.46. The maximum atomic E-state index is 12.6. The van der Waals surface area contributed by atoms with Crippen LogP contribution in [0.3, 0.4) is 0 Å². The lowest BCUT2D eigenvalue weighted by Crippen LogP contribution is -2.30. The number of nitrogens with zero attached hydrogens (tertiary/aromatic N) is 2. The van der Waals surface area contributed by atoms with Gasteiger partial charge in [-0.1, -0.05) is 26.0 Å². The largest absolute Gasteiger partial charge is 0.330 e. The molecule has 2 N–H and O–H groups in total. The van der Waals surface area contributed by atoms with Crippen LogP contribution in [0, 0.1) is 0 Å². The van der Waals surface area contributed by atoms with E-state index in [-0.39, 0.29) is 22.9 Å². The molecular weight excluding hydrogens is 344 g/mol. The number of rotatable bonds is 4. The number of hydrogen-bond donors (Lipinski definition) is 2. The van der Waals surface area contributed by atoms with E-state index >= 15 is 0 Å². The number of aromatic amines is 1. The van der Waals surface area contributed by atoms with Crippen molar-refractivity contribution in [2.45, 2.75) is 38.6 Å². The molecule has 7 nitrogen and oxygen atoms in total. The zero-order valence-corrected chi connectivity index (χ0v) is 15.2. The standard InChI is InChI=1S/C20H20N4O3/c1-11(2)12-3-5-14(6-4-12)22-18(25)13-9-16-17(21-10-13)24(15-7-8-15)20(27)23-19(16)26/h3-6,9-11,15H,7-8H2,1-2H3,(H,22,25)(H,23,26,27). The van der Waals surface area contributed by atoms with Crippen LogP contribution in [0.5, 0.6) is 0 Å². The summed E-state index contributed by atoms with van der Waals surface area (Å²) < 4.78 is 1.50. The minimum absolute atomic E-state index is 0.0727. The van der Waals surface area contributed by atoms with Gasteiger partial charge in [0.25, 0.3) is 11.5 Å². The molecule has 2 aromatic heterocycles. The van der Waals surface area contributed by atoms with E-state index in [9.17, 15) is 14.4 Å². The minimum Gasteiger partial charge on any atom is -0.322 e. The lowest BCUT2D eigenvalue weighted by Gasteiger charge is -2.10. The third-order valence-corrected chi connectivity index (χ3v) is 4.79. The topological polar surface area (TPSA) is 96.8 Å². The fraction of sp³-hybridized carbons (Fsp3) is 0.300. The summed E-state index contributed by atoms with van der Waals surface area (Å²) in [5, 5.41) is 3.05. The Morgan fingerprint density at radius 2 is 1.93 bits per heavy atom. The average Bonchev–Trinajstić information content (AvgIpc) is 3.47. The molecular formula is C20H20N4O3. The fourth-order valence-corrected chi connectivity index (χ4v) is 3.09. The fourth-order valence-electron chi connectivity index (χ4n) is 3.09. The van der Waals surface area contributed by atoms with Crippen LogP contribution in [-0.4, -0.2) is 20.4 Å². The number of nitrogens with one attached hydrogen (secondary N) is 2. The molecule has 0 saturated heterocycles. The number of carbonyl (C=O) groups is 1. The molecule has 1 aromatic carbocycles. The van der Waals surface area contributed by atoms with Crippen LogP contribution < -0.4 is 16.6 Å². The number of hydrogen-bond acceptors (Lipinski definition) is 4. The first-order valence-corrected chi connectivity index (χ1v) is 9.00. The highest BCUT2D eigenvalue weighted by atomic mass is 16.2. The number of H-pyrrole nitrogens is 1. The number of pyridine rings is 1. The maximum absolute atomic E-state index is 12.6. The Bertz CT molecular complexity index is 1140. The predicted molar refractivity (Wildman–Crippen MR) is 103 cm³/mol. The van der Waals surface area contributed by atoms with Crippen molar-refractivity contribution < 1.29 is 4.79 Å². The van der Waals surface area contributed by atoms with Crippen LogP contribution in [0.2, 0.25) is 0 Å². The molecule has 0 spiro atoms. The van der Waals surface area contributed by atoms with Crippen molar-refractivity contribution >= 4 is 22.6 Å². The van der Waals surface area contributed by atoms with Crippen LogP contribution in [-0.2, 0) is 0 Å². The van der Waals surface area contributed by atoms with Crippen LogP contribution in [0.1, 0.15) is 54.6 Å². The minimum atomic E-state index is -0.532. The summed E-state index contributed by atoms with van der Waals surface area (Å²) in [6, 6.07) is 9.19. The smallest absolute Gasteiger partial charge is 0.322 e. The van der Waals surface area contributed by atoms with Gasteiger partial charge in [-0.2, -0.15) is 0 Å². The molecule has 1 saturated carbocycles.